The molecule has 0 unspecified atom stereocenters. The molecule has 0 bridgehead atoms. The minimum atomic E-state index is 0.771. The van der Waals surface area contributed by atoms with Gasteiger partial charge in [0.2, 0.25) is 0 Å². The molecule has 0 amide bonds. The van der Waals surface area contributed by atoms with Crippen molar-refractivity contribution in [1.29, 1.82) is 0 Å². The van der Waals surface area contributed by atoms with Gasteiger partial charge in [-0.15, -0.1) is 10.2 Å². The molecule has 1 aliphatic rings. The largest absolute Gasteiger partial charge is 0.314 e. The molecule has 0 aliphatic heterocycles. The Bertz CT molecular complexity index is 546. The summed E-state index contributed by atoms with van der Waals surface area (Å²) >= 11 is 1.73. The number of aryl methyl sites for hydroxylation is 1. The fourth-order valence-electron chi connectivity index (χ4n) is 2.17. The molecule has 3 rings (SSSR count). The normalized spacial score (nSPS) is 14.8. The highest BCUT2D eigenvalue weighted by molar-refractivity contribution is 7.14. The quantitative estimate of drug-likeness (QED) is 0.879. The van der Waals surface area contributed by atoms with Crippen LogP contribution in [0.3, 0.4) is 0 Å². The Morgan fingerprint density at radius 3 is 2.89 bits per heavy atom. The van der Waals surface area contributed by atoms with Crippen molar-refractivity contribution in [2.75, 3.05) is 6.54 Å². The average Bonchev–Trinajstić information content (AvgIpc) is 3.15. The highest BCUT2D eigenvalue weighted by Gasteiger charge is 2.20. The summed E-state index contributed by atoms with van der Waals surface area (Å²) in [6.45, 7) is 3.20. The molecule has 4 heteroatoms. The van der Waals surface area contributed by atoms with E-state index < -0.39 is 0 Å². The Labute approximate surface area is 118 Å². The second kappa shape index (κ2) is 5.80. The zero-order valence-electron chi connectivity index (χ0n) is 11.2. The van der Waals surface area contributed by atoms with Crippen molar-refractivity contribution >= 4 is 11.3 Å². The van der Waals surface area contributed by atoms with Gasteiger partial charge < -0.3 is 5.32 Å². The summed E-state index contributed by atoms with van der Waals surface area (Å²) in [5.74, 6) is 0. The number of aromatic nitrogens is 2. The van der Waals surface area contributed by atoms with Gasteiger partial charge in [-0.05, 0) is 24.8 Å². The Kier molecular flexibility index (Phi) is 3.89. The van der Waals surface area contributed by atoms with Crippen LogP contribution in [0.25, 0.3) is 10.6 Å². The van der Waals surface area contributed by atoms with E-state index in [1.54, 1.807) is 11.3 Å². The summed E-state index contributed by atoms with van der Waals surface area (Å²) in [5.41, 5.74) is 2.59. The molecule has 1 aromatic carbocycles. The van der Waals surface area contributed by atoms with Crippen LogP contribution in [-0.2, 0) is 12.8 Å². The molecule has 100 valence electrons. The Morgan fingerprint density at radius 2 is 2.11 bits per heavy atom. The monoisotopic (exact) mass is 273 g/mol. The van der Waals surface area contributed by atoms with Crippen LogP contribution in [-0.4, -0.2) is 22.8 Å². The van der Waals surface area contributed by atoms with Crippen molar-refractivity contribution in [2.45, 2.75) is 38.6 Å². The van der Waals surface area contributed by atoms with Crippen LogP contribution >= 0.6 is 11.3 Å². The first-order chi connectivity index (χ1) is 9.36. The molecule has 0 atom stereocenters. The van der Waals surface area contributed by atoms with Gasteiger partial charge in [0, 0.05) is 24.6 Å². The van der Waals surface area contributed by atoms with Crippen LogP contribution in [0, 0.1) is 0 Å². The molecule has 1 aromatic heterocycles. The molecule has 1 heterocycles. The third-order valence-electron chi connectivity index (χ3n) is 3.44. The van der Waals surface area contributed by atoms with E-state index in [1.807, 2.05) is 0 Å². The predicted molar refractivity (Wildman–Crippen MR) is 79.5 cm³/mol. The first-order valence-corrected chi connectivity index (χ1v) is 7.82. The zero-order valence-corrected chi connectivity index (χ0v) is 12.0. The van der Waals surface area contributed by atoms with Gasteiger partial charge in [-0.25, -0.2) is 0 Å². The molecule has 0 spiro atoms. The first kappa shape index (κ1) is 12.8. The van der Waals surface area contributed by atoms with E-state index in [0.717, 1.165) is 35.4 Å². The maximum Gasteiger partial charge on any atom is 0.148 e. The summed E-state index contributed by atoms with van der Waals surface area (Å²) < 4.78 is 0. The number of nitrogens with zero attached hydrogens (tertiary/aromatic N) is 2. The molecule has 1 N–H and O–H groups in total. The van der Waals surface area contributed by atoms with Gasteiger partial charge in [0.15, 0.2) is 0 Å². The van der Waals surface area contributed by atoms with Crippen LogP contribution in [0.4, 0.5) is 0 Å². The Morgan fingerprint density at radius 1 is 1.26 bits per heavy atom. The van der Waals surface area contributed by atoms with Gasteiger partial charge in [0.05, 0.1) is 0 Å². The lowest BCUT2D eigenvalue weighted by Gasteiger charge is -2.02. The lowest BCUT2D eigenvalue weighted by Crippen LogP contribution is -2.19. The zero-order chi connectivity index (χ0) is 13.1. The highest BCUT2D eigenvalue weighted by atomic mass is 32.1. The van der Waals surface area contributed by atoms with E-state index in [0.29, 0.717) is 0 Å². The molecule has 1 saturated carbocycles. The molecule has 0 radical (unpaired) electrons. The number of hydrogen-bond donors (Lipinski definition) is 1. The van der Waals surface area contributed by atoms with Gasteiger partial charge in [0.1, 0.15) is 10.0 Å². The van der Waals surface area contributed by atoms with Crippen molar-refractivity contribution in [2.24, 2.45) is 0 Å². The second-order valence-corrected chi connectivity index (χ2v) is 6.05. The van der Waals surface area contributed by atoms with Crippen LogP contribution in [0.2, 0.25) is 0 Å². The molecule has 19 heavy (non-hydrogen) atoms. The molecular weight excluding hydrogens is 254 g/mol. The van der Waals surface area contributed by atoms with Gasteiger partial charge >= 0.3 is 0 Å². The van der Waals surface area contributed by atoms with Crippen molar-refractivity contribution in [3.63, 3.8) is 0 Å². The highest BCUT2D eigenvalue weighted by Crippen LogP contribution is 2.27. The number of benzene rings is 1. The van der Waals surface area contributed by atoms with Gasteiger partial charge in [-0.1, -0.05) is 42.5 Å². The van der Waals surface area contributed by atoms with E-state index >= 15 is 0 Å². The maximum absolute atomic E-state index is 4.35. The number of hydrogen-bond acceptors (Lipinski definition) is 4. The van der Waals surface area contributed by atoms with E-state index in [4.69, 9.17) is 0 Å². The molecule has 2 aromatic rings. The SMILES string of the molecule is CCc1ccccc1-c1nnc(CCNC2CC2)s1. The Balaban J connectivity index is 1.68. The maximum atomic E-state index is 4.35. The van der Waals surface area contributed by atoms with Crippen LogP contribution in [0.1, 0.15) is 30.3 Å². The van der Waals surface area contributed by atoms with Crippen molar-refractivity contribution < 1.29 is 0 Å². The average molecular weight is 273 g/mol. The lowest BCUT2D eigenvalue weighted by atomic mass is 10.1. The molecule has 3 nitrogen and oxygen atoms in total. The summed E-state index contributed by atoms with van der Waals surface area (Å²) in [6, 6.07) is 9.25. The van der Waals surface area contributed by atoms with Crippen molar-refractivity contribution in [1.82, 2.24) is 15.5 Å². The van der Waals surface area contributed by atoms with Crippen LogP contribution in [0.5, 0.6) is 0 Å². The molecule has 1 fully saturated rings. The van der Waals surface area contributed by atoms with E-state index in [1.165, 1.54) is 24.0 Å². The summed E-state index contributed by atoms with van der Waals surface area (Å²) in [4.78, 5) is 0. The van der Waals surface area contributed by atoms with Gasteiger partial charge in [0.25, 0.3) is 0 Å². The first-order valence-electron chi connectivity index (χ1n) is 7.01. The summed E-state index contributed by atoms with van der Waals surface area (Å²) in [5, 5.41) is 14.4. The van der Waals surface area contributed by atoms with Crippen LogP contribution in [0.15, 0.2) is 24.3 Å². The second-order valence-electron chi connectivity index (χ2n) is 4.99. The fraction of sp³-hybridized carbons (Fsp3) is 0.467. The number of rotatable bonds is 6. The summed E-state index contributed by atoms with van der Waals surface area (Å²) in [6.07, 6.45) is 4.70. The molecular formula is C15H19N3S. The van der Waals surface area contributed by atoms with Gasteiger partial charge in [-0.2, -0.15) is 0 Å². The topological polar surface area (TPSA) is 37.8 Å². The minimum absolute atomic E-state index is 0.771. The number of nitrogens with one attached hydrogen (secondary N) is 1. The third-order valence-corrected chi connectivity index (χ3v) is 4.46. The standard InChI is InChI=1S/C15H19N3S/c1-2-11-5-3-4-6-13(11)15-18-17-14(19-15)9-10-16-12-7-8-12/h3-6,12,16H,2,7-10H2,1H3. The Hall–Kier alpha value is -1.26. The summed E-state index contributed by atoms with van der Waals surface area (Å²) in [7, 11) is 0. The van der Waals surface area contributed by atoms with Crippen LogP contribution < -0.4 is 5.32 Å². The fourth-order valence-corrected chi connectivity index (χ4v) is 3.07. The molecule has 1 aliphatic carbocycles. The van der Waals surface area contributed by atoms with Crippen molar-refractivity contribution in [3.8, 4) is 10.6 Å². The third kappa shape index (κ3) is 3.19. The van der Waals surface area contributed by atoms with E-state index in [9.17, 15) is 0 Å². The lowest BCUT2D eigenvalue weighted by molar-refractivity contribution is 0.677. The smallest absolute Gasteiger partial charge is 0.148 e. The minimum Gasteiger partial charge on any atom is -0.314 e. The van der Waals surface area contributed by atoms with Crippen molar-refractivity contribution in [3.05, 3.63) is 34.8 Å². The molecule has 0 saturated heterocycles. The van der Waals surface area contributed by atoms with Gasteiger partial charge in [-0.3, -0.25) is 0 Å². The van der Waals surface area contributed by atoms with E-state index in [2.05, 4.69) is 46.7 Å². The van der Waals surface area contributed by atoms with E-state index in [-0.39, 0.29) is 0 Å². The predicted octanol–water partition coefficient (Wildman–Crippen LogP) is 3.06.